The van der Waals surface area contributed by atoms with E-state index in [1.54, 1.807) is 14.0 Å². The molecular formula is C16H22N4O4S. The van der Waals surface area contributed by atoms with E-state index >= 15 is 0 Å². The number of benzene rings is 1. The van der Waals surface area contributed by atoms with Crippen molar-refractivity contribution in [3.8, 4) is 5.75 Å². The Morgan fingerprint density at radius 2 is 1.96 bits per heavy atom. The van der Waals surface area contributed by atoms with Gasteiger partial charge in [-0.2, -0.15) is 4.31 Å². The van der Waals surface area contributed by atoms with Gasteiger partial charge in [-0.25, -0.2) is 8.42 Å². The fourth-order valence-electron chi connectivity index (χ4n) is 2.78. The van der Waals surface area contributed by atoms with Crippen LogP contribution in [-0.2, 0) is 16.4 Å². The van der Waals surface area contributed by atoms with Gasteiger partial charge in [-0.3, -0.25) is 0 Å². The summed E-state index contributed by atoms with van der Waals surface area (Å²) in [7, 11) is -1.70. The van der Waals surface area contributed by atoms with Crippen molar-refractivity contribution >= 4 is 16.0 Å². The van der Waals surface area contributed by atoms with Gasteiger partial charge in [0.1, 0.15) is 5.75 Å². The predicted octanol–water partition coefficient (Wildman–Crippen LogP) is 1.08. The summed E-state index contributed by atoms with van der Waals surface area (Å²) in [5.74, 6) is 1.32. The van der Waals surface area contributed by atoms with Gasteiger partial charge in [0.15, 0.2) is 0 Å². The van der Waals surface area contributed by atoms with Crippen molar-refractivity contribution in [2.24, 2.45) is 0 Å². The first-order chi connectivity index (χ1) is 12.0. The fraction of sp³-hybridized carbons (Fsp3) is 0.500. The van der Waals surface area contributed by atoms with E-state index in [-0.39, 0.29) is 5.75 Å². The largest absolute Gasteiger partial charge is 0.497 e. The maximum Gasteiger partial charge on any atom is 0.318 e. The van der Waals surface area contributed by atoms with Crippen LogP contribution in [-0.4, -0.2) is 62.0 Å². The zero-order chi connectivity index (χ0) is 17.9. The maximum absolute atomic E-state index is 12.6. The van der Waals surface area contributed by atoms with E-state index in [2.05, 4.69) is 10.2 Å². The average Bonchev–Trinajstić information content (AvgIpc) is 3.07. The number of hydrogen-bond acceptors (Lipinski definition) is 7. The van der Waals surface area contributed by atoms with Crippen LogP contribution in [0.5, 0.6) is 5.75 Å². The molecule has 0 amide bonds. The summed E-state index contributed by atoms with van der Waals surface area (Å²) < 4.78 is 37.3. The van der Waals surface area contributed by atoms with E-state index in [0.717, 1.165) is 11.3 Å². The lowest BCUT2D eigenvalue weighted by Crippen LogP contribution is -2.49. The minimum absolute atomic E-state index is 0.0832. The first kappa shape index (κ1) is 17.7. The van der Waals surface area contributed by atoms with E-state index in [1.807, 2.05) is 29.2 Å². The summed E-state index contributed by atoms with van der Waals surface area (Å²) in [6.45, 7) is 3.65. The van der Waals surface area contributed by atoms with Gasteiger partial charge in [0.25, 0.3) is 0 Å². The van der Waals surface area contributed by atoms with Crippen molar-refractivity contribution < 1.29 is 17.6 Å². The first-order valence-corrected chi connectivity index (χ1v) is 9.75. The Bertz CT molecular complexity index is 813. The average molecular weight is 366 g/mol. The number of ether oxygens (including phenoxy) is 1. The van der Waals surface area contributed by atoms with Crippen molar-refractivity contribution in [2.45, 2.75) is 13.3 Å². The molecule has 136 valence electrons. The lowest BCUT2D eigenvalue weighted by Gasteiger charge is -2.32. The number of sulfonamides is 1. The van der Waals surface area contributed by atoms with E-state index in [4.69, 9.17) is 9.15 Å². The molecule has 1 aromatic heterocycles. The van der Waals surface area contributed by atoms with Crippen LogP contribution in [0.2, 0.25) is 0 Å². The van der Waals surface area contributed by atoms with Crippen LogP contribution in [0.3, 0.4) is 0 Å². The second-order valence-electron chi connectivity index (χ2n) is 5.91. The molecule has 1 aromatic carbocycles. The monoisotopic (exact) mass is 366 g/mol. The second kappa shape index (κ2) is 7.40. The standard InChI is InChI=1S/C16H22N4O4S/c1-13-17-18-16(24-13)19-7-9-20(10-8-19)25(21,22)11-6-14-4-3-5-15(12-14)23-2/h3-5,12H,6-11H2,1-2H3. The molecular weight excluding hydrogens is 344 g/mol. The highest BCUT2D eigenvalue weighted by Crippen LogP contribution is 2.18. The van der Waals surface area contributed by atoms with Crippen LogP contribution in [0.1, 0.15) is 11.5 Å². The zero-order valence-electron chi connectivity index (χ0n) is 14.4. The van der Waals surface area contributed by atoms with Gasteiger partial charge in [0.2, 0.25) is 15.9 Å². The van der Waals surface area contributed by atoms with Crippen LogP contribution >= 0.6 is 0 Å². The smallest absolute Gasteiger partial charge is 0.318 e. The van der Waals surface area contributed by atoms with Gasteiger partial charge in [-0.15, -0.1) is 5.10 Å². The van der Waals surface area contributed by atoms with Crippen LogP contribution in [0.4, 0.5) is 6.01 Å². The zero-order valence-corrected chi connectivity index (χ0v) is 15.2. The van der Waals surface area contributed by atoms with Crippen molar-refractivity contribution in [1.29, 1.82) is 0 Å². The molecule has 0 bridgehead atoms. The Kier molecular flexibility index (Phi) is 5.24. The SMILES string of the molecule is COc1cccc(CCS(=O)(=O)N2CCN(c3nnc(C)o3)CC2)c1. The van der Waals surface area contributed by atoms with Gasteiger partial charge in [-0.05, 0) is 24.1 Å². The molecule has 2 aromatic rings. The van der Waals surface area contributed by atoms with Gasteiger partial charge in [-0.1, -0.05) is 17.2 Å². The number of piperazine rings is 1. The summed E-state index contributed by atoms with van der Waals surface area (Å²) in [4.78, 5) is 1.91. The highest BCUT2D eigenvalue weighted by atomic mass is 32.2. The Labute approximate surface area is 147 Å². The van der Waals surface area contributed by atoms with Gasteiger partial charge in [0, 0.05) is 33.1 Å². The van der Waals surface area contributed by atoms with Crippen molar-refractivity contribution in [3.63, 3.8) is 0 Å². The lowest BCUT2D eigenvalue weighted by atomic mass is 10.2. The quantitative estimate of drug-likeness (QED) is 0.756. The molecule has 0 radical (unpaired) electrons. The summed E-state index contributed by atoms with van der Waals surface area (Å²) >= 11 is 0. The minimum Gasteiger partial charge on any atom is -0.497 e. The topological polar surface area (TPSA) is 88.8 Å². The molecule has 0 aliphatic carbocycles. The molecule has 25 heavy (non-hydrogen) atoms. The lowest BCUT2D eigenvalue weighted by molar-refractivity contribution is 0.370. The van der Waals surface area contributed by atoms with Crippen molar-refractivity contribution in [3.05, 3.63) is 35.7 Å². The summed E-state index contributed by atoms with van der Waals surface area (Å²) in [6.07, 6.45) is 0.461. The molecule has 1 aliphatic heterocycles. The third-order valence-electron chi connectivity index (χ3n) is 4.20. The Balaban J connectivity index is 1.56. The number of nitrogens with zero attached hydrogens (tertiary/aromatic N) is 4. The van der Waals surface area contributed by atoms with Gasteiger partial charge >= 0.3 is 6.01 Å². The summed E-state index contributed by atoms with van der Waals surface area (Å²) in [5.41, 5.74) is 0.947. The fourth-order valence-corrected chi connectivity index (χ4v) is 4.25. The highest BCUT2D eigenvalue weighted by Gasteiger charge is 2.28. The number of aryl methyl sites for hydroxylation is 2. The molecule has 8 nitrogen and oxygen atoms in total. The number of anilines is 1. The number of rotatable bonds is 6. The van der Waals surface area contributed by atoms with Gasteiger partial charge < -0.3 is 14.1 Å². The Morgan fingerprint density at radius 3 is 2.60 bits per heavy atom. The number of hydrogen-bond donors (Lipinski definition) is 0. The van der Waals surface area contributed by atoms with Crippen LogP contribution in [0.15, 0.2) is 28.7 Å². The molecule has 1 aliphatic rings. The molecule has 0 spiro atoms. The van der Waals surface area contributed by atoms with E-state index in [0.29, 0.717) is 44.5 Å². The number of aromatic nitrogens is 2. The maximum atomic E-state index is 12.6. The van der Waals surface area contributed by atoms with Gasteiger partial charge in [0.05, 0.1) is 12.9 Å². The van der Waals surface area contributed by atoms with Crippen LogP contribution < -0.4 is 9.64 Å². The molecule has 9 heteroatoms. The normalized spacial score (nSPS) is 16.2. The third kappa shape index (κ3) is 4.29. The molecule has 2 heterocycles. The van der Waals surface area contributed by atoms with E-state index < -0.39 is 10.0 Å². The van der Waals surface area contributed by atoms with Crippen molar-refractivity contribution in [2.75, 3.05) is 43.9 Å². The van der Waals surface area contributed by atoms with Crippen molar-refractivity contribution in [1.82, 2.24) is 14.5 Å². The molecule has 1 fully saturated rings. The third-order valence-corrected chi connectivity index (χ3v) is 6.07. The molecule has 0 unspecified atom stereocenters. The first-order valence-electron chi connectivity index (χ1n) is 8.14. The Morgan fingerprint density at radius 1 is 1.20 bits per heavy atom. The molecule has 0 saturated carbocycles. The van der Waals surface area contributed by atoms with Crippen LogP contribution in [0, 0.1) is 6.92 Å². The molecule has 1 saturated heterocycles. The molecule has 0 N–H and O–H groups in total. The molecule has 0 atom stereocenters. The predicted molar refractivity (Wildman–Crippen MR) is 93.3 cm³/mol. The van der Waals surface area contributed by atoms with Crippen LogP contribution in [0.25, 0.3) is 0 Å². The van der Waals surface area contributed by atoms with E-state index in [1.165, 1.54) is 4.31 Å². The highest BCUT2D eigenvalue weighted by molar-refractivity contribution is 7.89. The molecule has 3 rings (SSSR count). The second-order valence-corrected chi connectivity index (χ2v) is 8.00. The Hall–Kier alpha value is -2.13. The minimum atomic E-state index is -3.30. The summed E-state index contributed by atoms with van der Waals surface area (Å²) in [5, 5.41) is 7.78. The summed E-state index contributed by atoms with van der Waals surface area (Å²) in [6, 6.07) is 7.94. The number of methoxy groups -OCH3 is 1. The van der Waals surface area contributed by atoms with E-state index in [9.17, 15) is 8.42 Å².